The van der Waals surface area contributed by atoms with Crippen LogP contribution in [-0.4, -0.2) is 15.5 Å². The Morgan fingerprint density at radius 1 is 0.939 bits per heavy atom. The minimum absolute atomic E-state index is 0.109. The Kier molecular flexibility index (Phi) is 5.24. The summed E-state index contributed by atoms with van der Waals surface area (Å²) in [5.41, 5.74) is 5.72. The molecule has 0 spiro atoms. The Bertz CT molecular complexity index is 1310. The molecule has 4 aromatic rings. The van der Waals surface area contributed by atoms with E-state index < -0.39 is 0 Å². The standard InChI is InChI=1S/C27H24ClN3OS/c28-19-12-14-20(15-13-19)29-27(32)31-17-22-21-9-4-5-11-24(21)33-26(22)30-16-6-10-23(30)25(31)18-7-2-1-3-8-18/h1-3,6-8,10,12-16,25H,4-5,9,11,17H2,(H,29,32)/t25-/m1/s1. The summed E-state index contributed by atoms with van der Waals surface area (Å²) in [6.45, 7) is 0.585. The molecule has 1 atom stereocenters. The largest absolute Gasteiger partial charge is 0.322 e. The molecule has 0 bridgehead atoms. The van der Waals surface area contributed by atoms with Crippen molar-refractivity contribution < 1.29 is 4.79 Å². The van der Waals surface area contributed by atoms with Crippen LogP contribution in [0.2, 0.25) is 5.02 Å². The number of nitrogens with zero attached hydrogens (tertiary/aromatic N) is 2. The zero-order valence-corrected chi connectivity index (χ0v) is 19.7. The van der Waals surface area contributed by atoms with Gasteiger partial charge in [0.2, 0.25) is 0 Å². The lowest BCUT2D eigenvalue weighted by Crippen LogP contribution is -2.38. The molecule has 2 aromatic carbocycles. The third-order valence-corrected chi connectivity index (χ3v) is 8.24. The van der Waals surface area contributed by atoms with Gasteiger partial charge in [-0.2, -0.15) is 0 Å². The fourth-order valence-corrected chi connectivity index (χ4v) is 6.63. The average Bonchev–Trinajstić information content (AvgIpc) is 3.43. The molecule has 0 saturated heterocycles. The number of fused-ring (bicyclic) bond motifs is 5. The summed E-state index contributed by atoms with van der Waals surface area (Å²) in [6, 6.07) is 21.5. The first-order valence-corrected chi connectivity index (χ1v) is 12.6. The van der Waals surface area contributed by atoms with Crippen molar-refractivity contribution in [1.82, 2.24) is 9.47 Å². The topological polar surface area (TPSA) is 37.3 Å². The smallest absolute Gasteiger partial charge is 0.310 e. The second-order valence-corrected chi connectivity index (χ2v) is 10.2. The van der Waals surface area contributed by atoms with Crippen LogP contribution < -0.4 is 5.32 Å². The lowest BCUT2D eigenvalue weighted by atomic mass is 9.95. The molecule has 0 unspecified atom stereocenters. The van der Waals surface area contributed by atoms with Gasteiger partial charge in [-0.15, -0.1) is 11.3 Å². The van der Waals surface area contributed by atoms with E-state index in [2.05, 4.69) is 40.3 Å². The Balaban J connectivity index is 1.49. The molecule has 1 aliphatic carbocycles. The second kappa shape index (κ2) is 8.40. The number of urea groups is 1. The molecule has 2 amide bonds. The van der Waals surface area contributed by atoms with Gasteiger partial charge in [-0.25, -0.2) is 4.79 Å². The van der Waals surface area contributed by atoms with Gasteiger partial charge >= 0.3 is 6.03 Å². The molecule has 1 aliphatic heterocycles. The summed E-state index contributed by atoms with van der Waals surface area (Å²) < 4.78 is 2.31. The number of rotatable bonds is 2. The summed E-state index contributed by atoms with van der Waals surface area (Å²) in [4.78, 5) is 17.3. The highest BCUT2D eigenvalue weighted by Crippen LogP contribution is 2.44. The summed E-state index contributed by atoms with van der Waals surface area (Å²) in [7, 11) is 0. The molecule has 6 heteroatoms. The van der Waals surface area contributed by atoms with Crippen LogP contribution in [-0.2, 0) is 19.4 Å². The highest BCUT2D eigenvalue weighted by molar-refractivity contribution is 7.15. The number of thiophene rings is 1. The lowest BCUT2D eigenvalue weighted by molar-refractivity contribution is 0.194. The molecule has 2 aromatic heterocycles. The number of carbonyl (C=O) groups excluding carboxylic acids is 1. The van der Waals surface area contributed by atoms with Crippen molar-refractivity contribution in [2.45, 2.75) is 38.3 Å². The number of anilines is 1. The molecular weight excluding hydrogens is 450 g/mol. The van der Waals surface area contributed by atoms with Gasteiger partial charge in [-0.05, 0) is 73.2 Å². The van der Waals surface area contributed by atoms with Crippen LogP contribution in [0.4, 0.5) is 10.5 Å². The second-order valence-electron chi connectivity index (χ2n) is 8.68. The van der Waals surface area contributed by atoms with Gasteiger partial charge in [-0.1, -0.05) is 41.9 Å². The minimum atomic E-state index is -0.188. The molecule has 33 heavy (non-hydrogen) atoms. The predicted molar refractivity (Wildman–Crippen MR) is 135 cm³/mol. The minimum Gasteiger partial charge on any atom is -0.310 e. The first kappa shape index (κ1) is 20.6. The van der Waals surface area contributed by atoms with E-state index in [0.29, 0.717) is 11.6 Å². The highest BCUT2D eigenvalue weighted by Gasteiger charge is 2.36. The maximum atomic E-state index is 13.8. The van der Waals surface area contributed by atoms with E-state index >= 15 is 0 Å². The number of aryl methyl sites for hydroxylation is 1. The number of hydrogen-bond acceptors (Lipinski definition) is 2. The van der Waals surface area contributed by atoms with E-state index in [1.54, 1.807) is 12.1 Å². The molecule has 0 saturated carbocycles. The third kappa shape index (κ3) is 3.65. The Hall–Kier alpha value is -3.02. The van der Waals surface area contributed by atoms with Crippen LogP contribution in [0.5, 0.6) is 0 Å². The molecule has 0 fully saturated rings. The first-order valence-electron chi connectivity index (χ1n) is 11.4. The fraction of sp³-hybridized carbons (Fsp3) is 0.222. The molecule has 0 radical (unpaired) electrons. The van der Waals surface area contributed by atoms with E-state index in [-0.39, 0.29) is 12.1 Å². The van der Waals surface area contributed by atoms with Crippen molar-refractivity contribution >= 4 is 34.7 Å². The van der Waals surface area contributed by atoms with Crippen molar-refractivity contribution in [2.24, 2.45) is 0 Å². The van der Waals surface area contributed by atoms with Gasteiger partial charge < -0.3 is 14.8 Å². The maximum absolute atomic E-state index is 13.8. The van der Waals surface area contributed by atoms with E-state index in [0.717, 1.165) is 29.8 Å². The summed E-state index contributed by atoms with van der Waals surface area (Å²) in [5.74, 6) is 0. The summed E-state index contributed by atoms with van der Waals surface area (Å²) in [6.07, 6.45) is 6.85. The Morgan fingerprint density at radius 2 is 1.73 bits per heavy atom. The number of carbonyl (C=O) groups is 1. The Morgan fingerprint density at radius 3 is 2.55 bits per heavy atom. The number of amides is 2. The van der Waals surface area contributed by atoms with Crippen molar-refractivity contribution in [3.63, 3.8) is 0 Å². The molecule has 6 rings (SSSR count). The van der Waals surface area contributed by atoms with Crippen molar-refractivity contribution in [2.75, 3.05) is 5.32 Å². The normalized spacial score (nSPS) is 17.0. The zero-order valence-electron chi connectivity index (χ0n) is 18.1. The van der Waals surface area contributed by atoms with Gasteiger partial charge in [0.05, 0.1) is 18.3 Å². The monoisotopic (exact) mass is 473 g/mol. The summed E-state index contributed by atoms with van der Waals surface area (Å²) >= 11 is 7.96. The number of aromatic nitrogens is 1. The first-order chi connectivity index (χ1) is 16.2. The zero-order chi connectivity index (χ0) is 22.4. The molecule has 2 aliphatic rings. The van der Waals surface area contributed by atoms with E-state index in [1.807, 2.05) is 46.6 Å². The van der Waals surface area contributed by atoms with Gasteiger partial charge in [0, 0.05) is 27.3 Å². The molecule has 1 N–H and O–H groups in total. The van der Waals surface area contributed by atoms with E-state index in [4.69, 9.17) is 11.6 Å². The number of halogens is 1. The van der Waals surface area contributed by atoms with Gasteiger partial charge in [0.25, 0.3) is 0 Å². The SMILES string of the molecule is O=C(Nc1ccc(Cl)cc1)N1Cc2c(sc3c2CCCC3)-n2cccc2[C@H]1c1ccccc1. The fourth-order valence-electron chi connectivity index (χ4n) is 5.10. The number of hydrogen-bond donors (Lipinski definition) is 1. The van der Waals surface area contributed by atoms with Crippen molar-refractivity contribution in [1.29, 1.82) is 0 Å². The van der Waals surface area contributed by atoms with Gasteiger partial charge in [0.15, 0.2) is 0 Å². The van der Waals surface area contributed by atoms with E-state index in [1.165, 1.54) is 33.8 Å². The van der Waals surface area contributed by atoms with Gasteiger partial charge in [-0.3, -0.25) is 0 Å². The van der Waals surface area contributed by atoms with Gasteiger partial charge in [0.1, 0.15) is 5.00 Å². The van der Waals surface area contributed by atoms with Crippen LogP contribution in [0.3, 0.4) is 0 Å². The van der Waals surface area contributed by atoms with Crippen LogP contribution in [0.25, 0.3) is 5.00 Å². The molecule has 4 nitrogen and oxygen atoms in total. The lowest BCUT2D eigenvalue weighted by Gasteiger charge is -2.31. The molecule has 3 heterocycles. The van der Waals surface area contributed by atoms with Crippen LogP contribution >= 0.6 is 22.9 Å². The highest BCUT2D eigenvalue weighted by atomic mass is 35.5. The molecule has 166 valence electrons. The van der Waals surface area contributed by atoms with E-state index in [9.17, 15) is 4.79 Å². The summed E-state index contributed by atoms with van der Waals surface area (Å²) in [5, 5.41) is 5.03. The third-order valence-electron chi connectivity index (χ3n) is 6.65. The predicted octanol–water partition coefficient (Wildman–Crippen LogP) is 7.21. The Labute approximate surface area is 202 Å². The maximum Gasteiger partial charge on any atom is 0.322 e. The quantitative estimate of drug-likeness (QED) is 0.328. The number of benzene rings is 2. The van der Waals surface area contributed by atoms with Crippen LogP contribution in [0.15, 0.2) is 72.9 Å². The van der Waals surface area contributed by atoms with Crippen molar-refractivity contribution in [3.8, 4) is 5.00 Å². The van der Waals surface area contributed by atoms with Crippen LogP contribution in [0, 0.1) is 0 Å². The van der Waals surface area contributed by atoms with Crippen LogP contribution in [0.1, 0.15) is 46.1 Å². The number of nitrogens with one attached hydrogen (secondary N) is 1. The molecular formula is C27H24ClN3OS. The average molecular weight is 474 g/mol. The van der Waals surface area contributed by atoms with Crippen molar-refractivity contribution in [3.05, 3.63) is 105 Å².